The van der Waals surface area contributed by atoms with Crippen LogP contribution < -0.4 is 9.64 Å². The van der Waals surface area contributed by atoms with E-state index in [0.29, 0.717) is 11.6 Å². The molecule has 4 nitrogen and oxygen atoms in total. The van der Waals surface area contributed by atoms with Crippen LogP contribution in [0.4, 0.5) is 5.69 Å². The van der Waals surface area contributed by atoms with Gasteiger partial charge < -0.3 is 9.84 Å². The molecule has 4 rings (SSSR count). The van der Waals surface area contributed by atoms with Crippen molar-refractivity contribution < 1.29 is 14.4 Å². The second kappa shape index (κ2) is 6.36. The fourth-order valence-electron chi connectivity index (χ4n) is 3.88. The average Bonchev–Trinajstić information content (AvgIpc) is 2.95. The van der Waals surface area contributed by atoms with Crippen molar-refractivity contribution in [2.75, 3.05) is 25.1 Å². The monoisotopic (exact) mass is 357 g/mol. The molecule has 25 heavy (non-hydrogen) atoms. The van der Waals surface area contributed by atoms with Crippen LogP contribution in [0.5, 0.6) is 5.75 Å². The van der Waals surface area contributed by atoms with E-state index >= 15 is 0 Å². The van der Waals surface area contributed by atoms with E-state index in [0.717, 1.165) is 42.8 Å². The van der Waals surface area contributed by atoms with Gasteiger partial charge in [0, 0.05) is 17.0 Å². The van der Waals surface area contributed by atoms with Crippen LogP contribution >= 0.6 is 11.6 Å². The highest BCUT2D eigenvalue weighted by atomic mass is 35.5. The highest BCUT2D eigenvalue weighted by molar-refractivity contribution is 6.30. The van der Waals surface area contributed by atoms with Crippen molar-refractivity contribution in [3.8, 4) is 5.75 Å². The number of amidine groups is 1. The molecule has 2 heterocycles. The van der Waals surface area contributed by atoms with Gasteiger partial charge in [0.25, 0.3) is 11.6 Å². The fraction of sp³-hybridized carbons (Fsp3) is 0.350. The molecule has 0 saturated carbocycles. The Morgan fingerprint density at radius 3 is 2.48 bits per heavy atom. The molecule has 130 valence electrons. The predicted molar refractivity (Wildman–Crippen MR) is 99.7 cm³/mol. The first kappa shape index (κ1) is 16.4. The van der Waals surface area contributed by atoms with Gasteiger partial charge in [-0.2, -0.15) is 4.90 Å². The molecular weight excluding hydrogens is 336 g/mol. The Morgan fingerprint density at radius 1 is 1.08 bits per heavy atom. The number of anilines is 1. The van der Waals surface area contributed by atoms with Crippen molar-refractivity contribution in [2.45, 2.75) is 25.0 Å². The van der Waals surface area contributed by atoms with Crippen molar-refractivity contribution in [3.63, 3.8) is 0 Å². The standard InChI is InChI=1S/C20H22ClN2O2/c1-25-18-11-9-17(10-12-18)23-19-4-2-3-13-22(19)14-20(23,24)15-5-7-16(21)8-6-15/h5-12,24H,2-4,13-14H2,1H3/q+1. The maximum atomic E-state index is 11.7. The molecule has 2 aliphatic rings. The van der Waals surface area contributed by atoms with Gasteiger partial charge in [-0.1, -0.05) is 23.7 Å². The van der Waals surface area contributed by atoms with Gasteiger partial charge in [-0.25, -0.2) is 0 Å². The van der Waals surface area contributed by atoms with Gasteiger partial charge >= 0.3 is 0 Å². The highest BCUT2D eigenvalue weighted by Crippen LogP contribution is 2.38. The van der Waals surface area contributed by atoms with Gasteiger partial charge in [-0.3, -0.25) is 4.58 Å². The van der Waals surface area contributed by atoms with E-state index in [-0.39, 0.29) is 0 Å². The van der Waals surface area contributed by atoms with Gasteiger partial charge in [-0.15, -0.1) is 0 Å². The number of halogens is 1. The Morgan fingerprint density at radius 2 is 1.80 bits per heavy atom. The van der Waals surface area contributed by atoms with E-state index < -0.39 is 5.72 Å². The van der Waals surface area contributed by atoms with E-state index in [1.54, 1.807) is 7.11 Å². The molecule has 0 fully saturated rings. The maximum Gasteiger partial charge on any atom is 0.275 e. The predicted octanol–water partition coefficient (Wildman–Crippen LogP) is 3.61. The van der Waals surface area contributed by atoms with Crippen LogP contribution in [0.3, 0.4) is 0 Å². The van der Waals surface area contributed by atoms with Crippen LogP contribution in [0.1, 0.15) is 24.8 Å². The summed E-state index contributed by atoms with van der Waals surface area (Å²) in [5, 5.41) is 12.4. The van der Waals surface area contributed by atoms with Crippen LogP contribution in [-0.2, 0) is 5.72 Å². The second-order valence-corrected chi connectivity index (χ2v) is 7.09. The Hall–Kier alpha value is -2.04. The first-order chi connectivity index (χ1) is 12.1. The molecule has 1 unspecified atom stereocenters. The van der Waals surface area contributed by atoms with Crippen molar-refractivity contribution in [1.82, 2.24) is 0 Å². The van der Waals surface area contributed by atoms with E-state index in [2.05, 4.69) is 9.48 Å². The Balaban J connectivity index is 1.81. The molecule has 1 atom stereocenters. The summed E-state index contributed by atoms with van der Waals surface area (Å²) in [6.07, 6.45) is 3.29. The zero-order chi connectivity index (χ0) is 17.4. The number of hydrogen-bond donors (Lipinski definition) is 1. The lowest BCUT2D eigenvalue weighted by molar-refractivity contribution is -0.538. The number of benzene rings is 2. The summed E-state index contributed by atoms with van der Waals surface area (Å²) in [4.78, 5) is 2.08. The number of rotatable bonds is 3. The van der Waals surface area contributed by atoms with E-state index in [4.69, 9.17) is 16.3 Å². The van der Waals surface area contributed by atoms with E-state index in [9.17, 15) is 5.11 Å². The van der Waals surface area contributed by atoms with Gasteiger partial charge in [0.1, 0.15) is 11.4 Å². The quantitative estimate of drug-likeness (QED) is 0.852. The molecule has 0 bridgehead atoms. The summed E-state index contributed by atoms with van der Waals surface area (Å²) >= 11 is 6.05. The summed E-state index contributed by atoms with van der Waals surface area (Å²) in [5.74, 6) is 2.00. The second-order valence-electron chi connectivity index (χ2n) is 6.65. The molecule has 0 amide bonds. The summed E-state index contributed by atoms with van der Waals surface area (Å²) in [6, 6.07) is 15.4. The van der Waals surface area contributed by atoms with Crippen molar-refractivity contribution in [2.24, 2.45) is 0 Å². The van der Waals surface area contributed by atoms with Crippen molar-refractivity contribution in [1.29, 1.82) is 0 Å². The van der Waals surface area contributed by atoms with E-state index in [1.807, 2.05) is 48.5 Å². The summed E-state index contributed by atoms with van der Waals surface area (Å²) < 4.78 is 7.58. The minimum Gasteiger partial charge on any atom is -0.497 e. The first-order valence-electron chi connectivity index (χ1n) is 8.65. The number of hydrogen-bond acceptors (Lipinski definition) is 3. The third-order valence-electron chi connectivity index (χ3n) is 5.12. The van der Waals surface area contributed by atoms with Crippen molar-refractivity contribution in [3.05, 3.63) is 59.1 Å². The molecular formula is C20H22ClN2O2+. The smallest absolute Gasteiger partial charge is 0.275 e. The molecule has 2 aromatic carbocycles. The molecule has 2 aromatic rings. The lowest BCUT2D eigenvalue weighted by Crippen LogP contribution is -2.47. The fourth-order valence-corrected chi connectivity index (χ4v) is 4.00. The SMILES string of the molecule is COc1ccc(N2C3=[N+](CCCC3)CC2(O)c2ccc(Cl)cc2)cc1. The third kappa shape index (κ3) is 2.79. The Labute approximate surface area is 152 Å². The van der Waals surface area contributed by atoms with Gasteiger partial charge in [-0.05, 0) is 49.2 Å². The highest BCUT2D eigenvalue weighted by Gasteiger charge is 2.54. The third-order valence-corrected chi connectivity index (χ3v) is 5.37. The number of methoxy groups -OCH3 is 1. The van der Waals surface area contributed by atoms with Crippen LogP contribution in [0.15, 0.2) is 48.5 Å². The van der Waals surface area contributed by atoms with Crippen LogP contribution in [0.25, 0.3) is 0 Å². The van der Waals surface area contributed by atoms with Crippen molar-refractivity contribution >= 4 is 23.1 Å². The first-order valence-corrected chi connectivity index (χ1v) is 9.03. The topological polar surface area (TPSA) is 35.7 Å². The molecule has 0 spiro atoms. The van der Waals surface area contributed by atoms with Crippen LogP contribution in [0.2, 0.25) is 5.02 Å². The number of nitrogens with zero attached hydrogens (tertiary/aromatic N) is 2. The van der Waals surface area contributed by atoms with Gasteiger partial charge in [0.2, 0.25) is 0 Å². The zero-order valence-electron chi connectivity index (χ0n) is 14.3. The lowest BCUT2D eigenvalue weighted by Gasteiger charge is -2.29. The lowest BCUT2D eigenvalue weighted by atomic mass is 10.0. The minimum atomic E-state index is -1.10. The largest absolute Gasteiger partial charge is 0.497 e. The van der Waals surface area contributed by atoms with E-state index in [1.165, 1.54) is 5.84 Å². The molecule has 0 saturated heterocycles. The summed E-state index contributed by atoms with van der Waals surface area (Å²) in [5.41, 5.74) is 0.728. The van der Waals surface area contributed by atoms with Gasteiger partial charge in [0.05, 0.1) is 13.7 Å². The Kier molecular flexibility index (Phi) is 4.18. The molecule has 2 aliphatic heterocycles. The zero-order valence-corrected chi connectivity index (χ0v) is 15.0. The summed E-state index contributed by atoms with van der Waals surface area (Å²) in [7, 11) is 1.66. The number of aliphatic hydroxyl groups is 1. The normalized spacial score (nSPS) is 22.9. The molecule has 0 aromatic heterocycles. The minimum absolute atomic E-state index is 0.565. The number of ether oxygens (including phenoxy) is 1. The Bertz CT molecular complexity index is 801. The van der Waals surface area contributed by atoms with Gasteiger partial charge in [0.15, 0.2) is 6.54 Å². The van der Waals surface area contributed by atoms with Crippen LogP contribution in [0, 0.1) is 0 Å². The summed E-state index contributed by atoms with van der Waals surface area (Å²) in [6.45, 7) is 1.55. The molecule has 1 N–H and O–H groups in total. The molecule has 5 heteroatoms. The average molecular weight is 358 g/mol. The maximum absolute atomic E-state index is 11.7. The molecule has 0 aliphatic carbocycles. The van der Waals surface area contributed by atoms with Crippen LogP contribution in [-0.4, -0.2) is 35.7 Å². The molecule has 0 radical (unpaired) electrons.